The van der Waals surface area contributed by atoms with E-state index in [9.17, 15) is 14.7 Å². The molecule has 2 amide bonds. The molecule has 2 aromatic carbocycles. The molecule has 0 fully saturated rings. The number of nitrogen functional groups attached to an aromatic ring is 4. The number of nitrogens with one attached hydrogen (secondary N) is 3. The first-order chi connectivity index (χ1) is 30.5. The predicted octanol–water partition coefficient (Wildman–Crippen LogP) is 1.12. The Labute approximate surface area is 384 Å². The molecule has 25 heteroatoms. The van der Waals surface area contributed by atoms with Crippen LogP contribution >= 0.6 is 35.0 Å². The van der Waals surface area contributed by atoms with Crippen LogP contribution in [0.4, 0.5) is 23.3 Å². The molecule has 2 unspecified atom stereocenters. The third-order valence-electron chi connectivity index (χ3n) is 8.14. The van der Waals surface area contributed by atoms with Gasteiger partial charge in [0, 0.05) is 6.54 Å². The average molecular weight is 952 g/mol. The van der Waals surface area contributed by atoms with Crippen molar-refractivity contribution in [3.63, 3.8) is 0 Å². The van der Waals surface area contributed by atoms with Gasteiger partial charge < -0.3 is 69.6 Å². The SMILES string of the molecule is CSC(=N)NC(=O)c1nc(Cl)c(N)nc1N.NC(=NCCCCc1ccc(OCC(O)CO)cc1)NC(=O)c1nc(Cl)c(N)nc1N.NCCCCc1ccc(OCC(O)CO)cc1. The van der Waals surface area contributed by atoms with Crippen LogP contribution in [0, 0.1) is 5.41 Å². The number of guanidine groups is 1. The third-order valence-corrected chi connectivity index (χ3v) is 9.21. The van der Waals surface area contributed by atoms with Gasteiger partial charge in [-0.05, 0) is 86.7 Å². The monoisotopic (exact) mass is 950 g/mol. The molecule has 2 atom stereocenters. The highest BCUT2D eigenvalue weighted by Gasteiger charge is 2.18. The number of amidine groups is 1. The number of carbonyl (C=O) groups excluding carboxylic acids is 2. The number of amides is 2. The Hall–Kier alpha value is -5.79. The minimum absolute atomic E-state index is 0.0286. The summed E-state index contributed by atoms with van der Waals surface area (Å²) in [4.78, 5) is 42.7. The number of rotatable bonds is 19. The Balaban J connectivity index is 0.000000361. The van der Waals surface area contributed by atoms with Gasteiger partial charge in [-0.25, -0.2) is 19.9 Å². The maximum Gasteiger partial charge on any atom is 0.280 e. The van der Waals surface area contributed by atoms with Crippen molar-refractivity contribution in [2.45, 2.75) is 50.7 Å². The van der Waals surface area contributed by atoms with E-state index in [1.807, 2.05) is 48.5 Å². The van der Waals surface area contributed by atoms with Crippen LogP contribution in [0.15, 0.2) is 53.5 Å². The van der Waals surface area contributed by atoms with Gasteiger partial charge in [-0.3, -0.25) is 25.3 Å². The number of ether oxygens (including phenoxy) is 2. The van der Waals surface area contributed by atoms with E-state index >= 15 is 0 Å². The lowest BCUT2D eigenvalue weighted by atomic mass is 10.1. The molecule has 0 bridgehead atoms. The fourth-order valence-corrected chi connectivity index (χ4v) is 5.20. The van der Waals surface area contributed by atoms with Gasteiger partial charge in [0.15, 0.2) is 56.1 Å². The number of benzene rings is 2. The number of hydrogen-bond donors (Lipinski definition) is 13. The summed E-state index contributed by atoms with van der Waals surface area (Å²) in [6.45, 7) is 0.694. The van der Waals surface area contributed by atoms with Crippen molar-refractivity contribution in [2.75, 3.05) is 68.7 Å². The fraction of sp³-hybridized carbons (Fsp3) is 0.385. The summed E-state index contributed by atoms with van der Waals surface area (Å²) in [5.74, 6) is -0.465. The maximum absolute atomic E-state index is 12.2. The lowest BCUT2D eigenvalue weighted by Crippen LogP contribution is -2.38. The summed E-state index contributed by atoms with van der Waals surface area (Å²) < 4.78 is 10.7. The molecule has 64 heavy (non-hydrogen) atoms. The smallest absolute Gasteiger partial charge is 0.280 e. The summed E-state index contributed by atoms with van der Waals surface area (Å²) in [6.07, 6.45) is 5.54. The van der Waals surface area contributed by atoms with Gasteiger partial charge >= 0.3 is 0 Å². The molecule has 4 rings (SSSR count). The van der Waals surface area contributed by atoms with E-state index in [1.165, 1.54) is 5.56 Å². The van der Waals surface area contributed by atoms with Gasteiger partial charge in [0.25, 0.3) is 11.8 Å². The number of aliphatic hydroxyl groups is 4. The zero-order chi connectivity index (χ0) is 47.6. The van der Waals surface area contributed by atoms with Crippen molar-refractivity contribution >= 4 is 81.2 Å². The molecule has 0 aliphatic heterocycles. The van der Waals surface area contributed by atoms with Crippen LogP contribution in [0.1, 0.15) is 57.8 Å². The molecule has 0 saturated carbocycles. The largest absolute Gasteiger partial charge is 0.491 e. The first kappa shape index (κ1) is 54.3. The number of aromatic nitrogens is 4. The number of nitrogens with two attached hydrogens (primary N) is 6. The van der Waals surface area contributed by atoms with Gasteiger partial charge in [-0.15, -0.1) is 0 Å². The molecule has 19 N–H and O–H groups in total. The van der Waals surface area contributed by atoms with Crippen LogP contribution in [0.5, 0.6) is 11.5 Å². The first-order valence-corrected chi connectivity index (χ1v) is 21.4. The highest BCUT2D eigenvalue weighted by molar-refractivity contribution is 8.13. The number of thioether (sulfide) groups is 1. The molecule has 0 radical (unpaired) electrons. The highest BCUT2D eigenvalue weighted by atomic mass is 35.5. The minimum atomic E-state index is -0.896. The van der Waals surface area contributed by atoms with Crippen molar-refractivity contribution in [3.05, 3.63) is 81.4 Å². The zero-order valence-corrected chi connectivity index (χ0v) is 37.4. The van der Waals surface area contributed by atoms with E-state index in [0.29, 0.717) is 18.0 Å². The van der Waals surface area contributed by atoms with E-state index in [0.717, 1.165) is 62.4 Å². The van der Waals surface area contributed by atoms with Crippen molar-refractivity contribution in [2.24, 2.45) is 16.5 Å². The number of carbonyl (C=O) groups is 2. The van der Waals surface area contributed by atoms with E-state index in [-0.39, 0.29) is 82.5 Å². The van der Waals surface area contributed by atoms with Crippen LogP contribution < -0.4 is 54.5 Å². The van der Waals surface area contributed by atoms with Crippen LogP contribution in [0.25, 0.3) is 0 Å². The van der Waals surface area contributed by atoms with Crippen molar-refractivity contribution < 1.29 is 39.5 Å². The van der Waals surface area contributed by atoms with Crippen molar-refractivity contribution in [3.8, 4) is 11.5 Å². The van der Waals surface area contributed by atoms with Crippen LogP contribution in [0.3, 0.4) is 0 Å². The Kier molecular flexibility index (Phi) is 25.1. The van der Waals surface area contributed by atoms with Crippen LogP contribution in [-0.2, 0) is 12.8 Å². The summed E-state index contributed by atoms with van der Waals surface area (Å²) in [7, 11) is 0. The van der Waals surface area contributed by atoms with Crippen molar-refractivity contribution in [1.82, 2.24) is 30.6 Å². The van der Waals surface area contributed by atoms with Crippen molar-refractivity contribution in [1.29, 1.82) is 5.41 Å². The quantitative estimate of drug-likeness (QED) is 0.0356. The molecule has 2 aromatic heterocycles. The normalized spacial score (nSPS) is 11.8. The number of aryl methyl sites for hydroxylation is 2. The number of aliphatic hydroxyl groups excluding tert-OH is 4. The molecule has 0 aliphatic rings. The topological polar surface area (TPSA) is 401 Å². The molecular weight excluding hydrogens is 895 g/mol. The Morgan fingerprint density at radius 1 is 0.719 bits per heavy atom. The molecule has 2 heterocycles. The molecule has 4 aromatic rings. The first-order valence-electron chi connectivity index (χ1n) is 19.4. The molecule has 0 spiro atoms. The molecule has 0 saturated heterocycles. The number of halogens is 2. The standard InChI is InChI=1S/C19H26ClN7O4.C13H21NO3.C7H9ClN6OS/c20-15-17(22)26-16(21)14(25-15)18(30)27-19(23)24-8-2-1-3-11-4-6-13(7-5-11)31-10-12(29)9-28;14-8-2-1-3-11-4-6-13(7-5-11)17-10-12(16)9-15;1-16-7(11)14-6(15)2-4(9)13-5(10)3(8)12-2/h4-7,12,28-29H,1-3,8-10H2,(H4,21,22,26)(H3,23,24,27,30);4-7,12,15-16H,1-3,8-10,14H2;1H3,(H4,9,10,13)(H2,11,14,15). The number of unbranched alkanes of at least 4 members (excludes halogenated alkanes) is 2. The zero-order valence-electron chi connectivity index (χ0n) is 35.0. The second-order valence-electron chi connectivity index (χ2n) is 13.3. The van der Waals surface area contributed by atoms with Crippen LogP contribution in [0.2, 0.25) is 10.3 Å². The fourth-order valence-electron chi connectivity index (χ4n) is 4.75. The molecule has 22 nitrogen and oxygen atoms in total. The lowest BCUT2D eigenvalue weighted by Gasteiger charge is -2.10. The van der Waals surface area contributed by atoms with Gasteiger partial charge in [-0.1, -0.05) is 59.2 Å². The van der Waals surface area contributed by atoms with Gasteiger partial charge in [0.05, 0.1) is 13.2 Å². The molecule has 350 valence electrons. The minimum Gasteiger partial charge on any atom is -0.491 e. The number of anilines is 4. The Morgan fingerprint density at radius 2 is 1.14 bits per heavy atom. The van der Waals surface area contributed by atoms with E-state index in [2.05, 4.69) is 35.6 Å². The summed E-state index contributed by atoms with van der Waals surface area (Å²) >= 11 is 12.4. The predicted molar refractivity (Wildman–Crippen MR) is 249 cm³/mol. The van der Waals surface area contributed by atoms with E-state index < -0.39 is 24.0 Å². The van der Waals surface area contributed by atoms with Crippen LogP contribution in [-0.4, -0.2) is 121 Å². The van der Waals surface area contributed by atoms with Gasteiger partial charge in [0.2, 0.25) is 0 Å². The lowest BCUT2D eigenvalue weighted by molar-refractivity contribution is 0.0536. The Morgan fingerprint density at radius 3 is 1.55 bits per heavy atom. The third kappa shape index (κ3) is 20.6. The second-order valence-corrected chi connectivity index (χ2v) is 14.8. The molecular formula is C39H56Cl2N14O8S. The van der Waals surface area contributed by atoms with Gasteiger partial charge in [-0.2, -0.15) is 0 Å². The molecule has 0 aliphatic carbocycles. The highest BCUT2D eigenvalue weighted by Crippen LogP contribution is 2.19. The number of nitrogens with zero attached hydrogens (tertiary/aromatic N) is 5. The summed E-state index contributed by atoms with van der Waals surface area (Å²) in [6, 6.07) is 15.3. The van der Waals surface area contributed by atoms with E-state index in [4.69, 9.17) is 87.8 Å². The number of aliphatic imine (C=N–C) groups is 1. The maximum atomic E-state index is 12.2. The summed E-state index contributed by atoms with van der Waals surface area (Å²) in [5.41, 5.74) is 35.1. The number of hydrogen-bond acceptors (Lipinski definition) is 20. The van der Waals surface area contributed by atoms with Gasteiger partial charge in [0.1, 0.15) is 36.9 Å². The summed E-state index contributed by atoms with van der Waals surface area (Å²) in [5, 5.41) is 47.5. The Bertz CT molecular complexity index is 2110. The van der Waals surface area contributed by atoms with E-state index in [1.54, 1.807) is 6.26 Å². The second kappa shape index (κ2) is 29.6. The average Bonchev–Trinajstić information content (AvgIpc) is 3.28.